The van der Waals surface area contributed by atoms with E-state index in [1.165, 1.54) is 6.07 Å². The lowest BCUT2D eigenvalue weighted by atomic mass is 10.0. The number of benzene rings is 2. The van der Waals surface area contributed by atoms with Gasteiger partial charge in [-0.1, -0.05) is 54.1 Å². The summed E-state index contributed by atoms with van der Waals surface area (Å²) in [6, 6.07) is 16.6. The Morgan fingerprint density at radius 2 is 1.62 bits per heavy atom. The van der Waals surface area contributed by atoms with E-state index in [0.717, 1.165) is 5.56 Å². The summed E-state index contributed by atoms with van der Waals surface area (Å²) < 4.78 is 27.5. The minimum absolute atomic E-state index is 0.0959. The van der Waals surface area contributed by atoms with Gasteiger partial charge in [0.05, 0.1) is 5.02 Å². The number of rotatable bonds is 7. The normalized spacial score (nSPS) is 13.7. The number of halogens is 1. The van der Waals surface area contributed by atoms with E-state index in [4.69, 9.17) is 11.6 Å². The summed E-state index contributed by atoms with van der Waals surface area (Å²) in [4.78, 5) is 0.0959. The summed E-state index contributed by atoms with van der Waals surface area (Å²) >= 11 is 5.99. The monoisotopic (exact) mass is 366 g/mol. The highest BCUT2D eigenvalue weighted by Gasteiger charge is 2.25. The Morgan fingerprint density at radius 1 is 1.04 bits per heavy atom. The smallest absolute Gasteiger partial charge is 0.242 e. The average Bonchev–Trinajstić information content (AvgIpc) is 2.54. The molecule has 0 radical (unpaired) electrons. The van der Waals surface area contributed by atoms with Crippen molar-refractivity contribution in [3.8, 4) is 0 Å². The van der Waals surface area contributed by atoms with Gasteiger partial charge in [0.15, 0.2) is 0 Å². The summed E-state index contributed by atoms with van der Waals surface area (Å²) in [5, 5.41) is 3.67. The van der Waals surface area contributed by atoms with Crippen molar-refractivity contribution in [2.75, 3.05) is 6.54 Å². The molecule has 6 heteroatoms. The third-order valence-corrected chi connectivity index (χ3v) is 5.64. The minimum Gasteiger partial charge on any atom is -0.304 e. The molecule has 0 aromatic heterocycles. The van der Waals surface area contributed by atoms with E-state index >= 15 is 0 Å². The summed E-state index contributed by atoms with van der Waals surface area (Å²) in [5.74, 6) is 0. The van der Waals surface area contributed by atoms with Gasteiger partial charge in [0.2, 0.25) is 10.0 Å². The first-order valence-electron chi connectivity index (χ1n) is 7.78. The Morgan fingerprint density at radius 3 is 2.25 bits per heavy atom. The Kier molecular flexibility index (Phi) is 6.04. The van der Waals surface area contributed by atoms with Crippen LogP contribution in [0.4, 0.5) is 0 Å². The number of nitrogens with one attached hydrogen (secondary N) is 2. The van der Waals surface area contributed by atoms with Crippen LogP contribution in [0.25, 0.3) is 0 Å². The molecule has 0 heterocycles. The molecular formula is C18H23ClN2O2S. The first kappa shape index (κ1) is 18.9. The summed E-state index contributed by atoms with van der Waals surface area (Å²) in [7, 11) is -3.65. The third kappa shape index (κ3) is 5.05. The molecule has 0 aliphatic heterocycles. The van der Waals surface area contributed by atoms with Crippen LogP contribution in [-0.4, -0.2) is 20.5 Å². The molecule has 0 amide bonds. The van der Waals surface area contributed by atoms with Crippen LogP contribution in [-0.2, 0) is 10.0 Å². The first-order chi connectivity index (χ1) is 11.2. The van der Waals surface area contributed by atoms with Gasteiger partial charge in [0.25, 0.3) is 0 Å². The lowest BCUT2D eigenvalue weighted by Gasteiger charge is -2.30. The molecule has 0 saturated heterocycles. The highest BCUT2D eigenvalue weighted by Crippen LogP contribution is 2.21. The van der Waals surface area contributed by atoms with Gasteiger partial charge in [-0.25, -0.2) is 13.1 Å². The van der Waals surface area contributed by atoms with Crippen LogP contribution in [0.2, 0.25) is 5.02 Å². The SMILES string of the molecule is CC(NC(C)(C)CNS(=O)(=O)c1ccccc1Cl)c1ccccc1. The molecule has 0 fully saturated rings. The van der Waals surface area contributed by atoms with Gasteiger partial charge in [-0.2, -0.15) is 0 Å². The van der Waals surface area contributed by atoms with Gasteiger partial charge in [0, 0.05) is 18.1 Å². The average molecular weight is 367 g/mol. The van der Waals surface area contributed by atoms with E-state index < -0.39 is 15.6 Å². The predicted molar refractivity (Wildman–Crippen MR) is 98.7 cm³/mol. The molecule has 0 spiro atoms. The standard InChI is InChI=1S/C18H23ClN2O2S/c1-14(15-9-5-4-6-10-15)21-18(2,3)13-20-24(22,23)17-12-8-7-11-16(17)19/h4-12,14,20-21H,13H2,1-3H3. The first-order valence-corrected chi connectivity index (χ1v) is 9.64. The molecule has 0 aliphatic rings. The fourth-order valence-corrected chi connectivity index (χ4v) is 4.21. The van der Waals surface area contributed by atoms with Gasteiger partial charge in [-0.3, -0.25) is 0 Å². The van der Waals surface area contributed by atoms with Crippen molar-refractivity contribution in [1.29, 1.82) is 0 Å². The molecule has 4 nitrogen and oxygen atoms in total. The molecule has 0 bridgehead atoms. The molecule has 1 atom stereocenters. The van der Waals surface area contributed by atoms with Crippen molar-refractivity contribution in [3.63, 3.8) is 0 Å². The summed E-state index contributed by atoms with van der Waals surface area (Å²) in [6.07, 6.45) is 0. The number of hydrogen-bond donors (Lipinski definition) is 2. The molecule has 2 N–H and O–H groups in total. The minimum atomic E-state index is -3.65. The Balaban J connectivity index is 2.03. The fraction of sp³-hybridized carbons (Fsp3) is 0.333. The Labute approximate surface area is 149 Å². The highest BCUT2D eigenvalue weighted by molar-refractivity contribution is 7.89. The maximum absolute atomic E-state index is 12.4. The second-order valence-electron chi connectivity index (χ2n) is 6.42. The molecule has 0 saturated carbocycles. The molecule has 2 aromatic carbocycles. The lowest BCUT2D eigenvalue weighted by molar-refractivity contribution is 0.346. The maximum atomic E-state index is 12.4. The Hall–Kier alpha value is -1.40. The van der Waals surface area contributed by atoms with Crippen molar-refractivity contribution in [2.24, 2.45) is 0 Å². The van der Waals surface area contributed by atoms with Crippen molar-refractivity contribution in [3.05, 3.63) is 65.2 Å². The molecular weight excluding hydrogens is 344 g/mol. The van der Waals surface area contributed by atoms with Crippen LogP contribution in [0.15, 0.2) is 59.5 Å². The molecule has 2 rings (SSSR count). The van der Waals surface area contributed by atoms with E-state index in [1.807, 2.05) is 44.2 Å². The topological polar surface area (TPSA) is 58.2 Å². The van der Waals surface area contributed by atoms with Crippen LogP contribution in [0, 0.1) is 0 Å². The van der Waals surface area contributed by atoms with E-state index in [9.17, 15) is 8.42 Å². The number of sulfonamides is 1. The Bertz CT molecular complexity index is 777. The maximum Gasteiger partial charge on any atom is 0.242 e. The van der Waals surface area contributed by atoms with Gasteiger partial charge in [-0.05, 0) is 38.5 Å². The quantitative estimate of drug-likeness (QED) is 0.784. The van der Waals surface area contributed by atoms with Gasteiger partial charge >= 0.3 is 0 Å². The van der Waals surface area contributed by atoms with Crippen LogP contribution >= 0.6 is 11.6 Å². The van der Waals surface area contributed by atoms with Gasteiger partial charge in [0.1, 0.15) is 4.90 Å². The van der Waals surface area contributed by atoms with Crippen molar-refractivity contribution >= 4 is 21.6 Å². The molecule has 130 valence electrons. The zero-order valence-corrected chi connectivity index (χ0v) is 15.7. The van der Waals surface area contributed by atoms with E-state index in [2.05, 4.69) is 17.0 Å². The molecule has 1 unspecified atom stereocenters. The number of hydrogen-bond acceptors (Lipinski definition) is 3. The zero-order valence-electron chi connectivity index (χ0n) is 14.1. The van der Waals surface area contributed by atoms with Crippen LogP contribution in [0.5, 0.6) is 0 Å². The third-order valence-electron chi connectivity index (χ3n) is 3.74. The molecule has 0 aliphatic carbocycles. The van der Waals surface area contributed by atoms with Crippen molar-refractivity contribution in [1.82, 2.24) is 10.0 Å². The van der Waals surface area contributed by atoms with Crippen LogP contribution < -0.4 is 10.0 Å². The van der Waals surface area contributed by atoms with E-state index in [1.54, 1.807) is 18.2 Å². The largest absolute Gasteiger partial charge is 0.304 e. The van der Waals surface area contributed by atoms with Gasteiger partial charge in [-0.15, -0.1) is 0 Å². The van der Waals surface area contributed by atoms with Gasteiger partial charge < -0.3 is 5.32 Å². The van der Waals surface area contributed by atoms with E-state index in [-0.39, 0.29) is 22.5 Å². The second-order valence-corrected chi connectivity index (χ2v) is 8.56. The lowest BCUT2D eigenvalue weighted by Crippen LogP contribution is -2.49. The van der Waals surface area contributed by atoms with Crippen LogP contribution in [0.1, 0.15) is 32.4 Å². The second kappa shape index (κ2) is 7.66. The summed E-state index contributed by atoms with van der Waals surface area (Å²) in [5.41, 5.74) is 0.725. The van der Waals surface area contributed by atoms with Crippen molar-refractivity contribution in [2.45, 2.75) is 37.2 Å². The molecule has 24 heavy (non-hydrogen) atoms. The summed E-state index contributed by atoms with van der Waals surface area (Å²) in [6.45, 7) is 6.22. The van der Waals surface area contributed by atoms with Crippen molar-refractivity contribution < 1.29 is 8.42 Å². The van der Waals surface area contributed by atoms with E-state index in [0.29, 0.717) is 0 Å². The molecule has 2 aromatic rings. The fourth-order valence-electron chi connectivity index (χ4n) is 2.48. The zero-order chi connectivity index (χ0) is 17.8. The van der Waals surface area contributed by atoms with Crippen LogP contribution in [0.3, 0.4) is 0 Å². The predicted octanol–water partition coefficient (Wildman–Crippen LogP) is 3.75. The highest BCUT2D eigenvalue weighted by atomic mass is 35.5.